The van der Waals surface area contributed by atoms with Crippen LogP contribution >= 0.6 is 0 Å². The maximum atomic E-state index is 11.3. The fraction of sp³-hybridized carbons (Fsp3) is 0.208. The Balaban J connectivity index is 1.34. The van der Waals surface area contributed by atoms with Crippen molar-refractivity contribution in [1.29, 1.82) is 5.41 Å². The summed E-state index contributed by atoms with van der Waals surface area (Å²) in [5.41, 5.74) is 13.0. The van der Waals surface area contributed by atoms with Crippen LogP contribution in [0.15, 0.2) is 60.7 Å². The van der Waals surface area contributed by atoms with E-state index in [1.807, 2.05) is 18.2 Å². The number of nitrogens with zero attached hydrogens (tertiary/aromatic N) is 1. The Morgan fingerprint density at radius 2 is 1.78 bits per heavy atom. The first-order valence-electron chi connectivity index (χ1n) is 10.3. The zero-order valence-corrected chi connectivity index (χ0v) is 17.5. The third kappa shape index (κ3) is 5.04. The number of hydrogen-bond acceptors (Lipinski definition) is 5. The number of nitrogens with two attached hydrogens (primary N) is 2. The van der Waals surface area contributed by atoms with E-state index in [4.69, 9.17) is 21.6 Å². The van der Waals surface area contributed by atoms with Crippen molar-refractivity contribution in [3.63, 3.8) is 0 Å². The van der Waals surface area contributed by atoms with Crippen molar-refractivity contribution in [2.75, 3.05) is 18.4 Å². The molecule has 164 valence electrons. The van der Waals surface area contributed by atoms with Gasteiger partial charge in [-0.25, -0.2) is 0 Å². The van der Waals surface area contributed by atoms with Crippen LogP contribution in [0.4, 0.5) is 5.69 Å². The van der Waals surface area contributed by atoms with Gasteiger partial charge in [0.2, 0.25) is 0 Å². The molecule has 8 heteroatoms. The molecule has 32 heavy (non-hydrogen) atoms. The van der Waals surface area contributed by atoms with Gasteiger partial charge in [-0.3, -0.25) is 19.9 Å². The van der Waals surface area contributed by atoms with Crippen LogP contribution in [0.5, 0.6) is 5.75 Å². The molecule has 0 aromatic heterocycles. The minimum Gasteiger partial charge on any atom is -0.489 e. The molecule has 1 aliphatic heterocycles. The molecule has 1 unspecified atom stereocenters. The highest BCUT2D eigenvalue weighted by molar-refractivity contribution is 6.39. The van der Waals surface area contributed by atoms with Gasteiger partial charge in [-0.1, -0.05) is 24.3 Å². The van der Waals surface area contributed by atoms with Gasteiger partial charge in [0.25, 0.3) is 0 Å². The van der Waals surface area contributed by atoms with Crippen molar-refractivity contribution in [3.05, 3.63) is 71.8 Å². The van der Waals surface area contributed by atoms with Crippen molar-refractivity contribution in [1.82, 2.24) is 4.90 Å². The fourth-order valence-electron chi connectivity index (χ4n) is 3.86. The van der Waals surface area contributed by atoms with Crippen molar-refractivity contribution in [3.8, 4) is 5.75 Å². The lowest BCUT2D eigenvalue weighted by Crippen LogP contribution is -2.29. The van der Waals surface area contributed by atoms with E-state index in [2.05, 4.69) is 28.4 Å². The van der Waals surface area contributed by atoms with Crippen molar-refractivity contribution >= 4 is 34.1 Å². The molecule has 4 rings (SSSR count). The van der Waals surface area contributed by atoms with E-state index in [9.17, 15) is 9.59 Å². The third-order valence-corrected chi connectivity index (χ3v) is 5.49. The molecule has 0 bridgehead atoms. The maximum absolute atomic E-state index is 11.3. The molecule has 0 spiro atoms. The number of ether oxygens (including phenoxy) is 1. The Morgan fingerprint density at radius 1 is 1.03 bits per heavy atom. The highest BCUT2D eigenvalue weighted by atomic mass is 16.5. The van der Waals surface area contributed by atoms with Crippen LogP contribution in [0.25, 0.3) is 10.8 Å². The molecule has 8 nitrogen and oxygen atoms in total. The number of nitrogens with one attached hydrogen (secondary N) is 2. The molecule has 1 saturated heterocycles. The van der Waals surface area contributed by atoms with Gasteiger partial charge in [0.05, 0.1) is 0 Å². The van der Waals surface area contributed by atoms with Crippen molar-refractivity contribution < 1.29 is 14.3 Å². The van der Waals surface area contributed by atoms with Gasteiger partial charge in [-0.05, 0) is 59.2 Å². The Morgan fingerprint density at radius 3 is 2.50 bits per heavy atom. The van der Waals surface area contributed by atoms with Crippen LogP contribution in [-0.2, 0) is 16.1 Å². The van der Waals surface area contributed by atoms with Gasteiger partial charge in [0, 0.05) is 30.9 Å². The van der Waals surface area contributed by atoms with Gasteiger partial charge in [0.1, 0.15) is 17.7 Å². The van der Waals surface area contributed by atoms with Crippen LogP contribution in [0.2, 0.25) is 0 Å². The summed E-state index contributed by atoms with van der Waals surface area (Å²) in [6, 6.07) is 19.0. The van der Waals surface area contributed by atoms with Crippen molar-refractivity contribution in [2.24, 2.45) is 11.5 Å². The number of anilines is 1. The van der Waals surface area contributed by atoms with Gasteiger partial charge in [-0.15, -0.1) is 0 Å². The number of primary amides is 1. The number of fused-ring (bicyclic) bond motifs is 1. The van der Waals surface area contributed by atoms with Gasteiger partial charge in [0.15, 0.2) is 0 Å². The summed E-state index contributed by atoms with van der Waals surface area (Å²) in [4.78, 5) is 24.5. The number of carbonyl (C=O) groups excluding carboxylic acids is 2. The first-order chi connectivity index (χ1) is 15.4. The predicted molar refractivity (Wildman–Crippen MR) is 124 cm³/mol. The summed E-state index contributed by atoms with van der Waals surface area (Å²) in [7, 11) is 0. The van der Waals surface area contributed by atoms with E-state index < -0.39 is 11.8 Å². The number of rotatable bonds is 6. The number of hydrogen-bond donors (Lipinski definition) is 4. The molecule has 0 saturated carbocycles. The van der Waals surface area contributed by atoms with E-state index in [1.54, 1.807) is 24.3 Å². The molecule has 6 N–H and O–H groups in total. The smallest absolute Gasteiger partial charge is 0.313 e. The largest absolute Gasteiger partial charge is 0.489 e. The average molecular weight is 431 g/mol. The first kappa shape index (κ1) is 21.3. The quantitative estimate of drug-likeness (QED) is 0.270. The molecule has 0 radical (unpaired) electrons. The standard InChI is InChI=1S/C24H25N5O3/c25-22(26)17-4-3-16-2-1-15(11-18(16)12-17)13-29-10-9-21(14-29)32-20-7-5-19(6-8-20)28-24(31)23(27)30/h1-8,11-12,21H,9-10,13-14H2,(H3,25,26)(H2,27,30)(H,28,31). The monoisotopic (exact) mass is 431 g/mol. The van der Waals surface area contributed by atoms with Crippen LogP contribution in [-0.4, -0.2) is 41.7 Å². The second-order valence-electron chi connectivity index (χ2n) is 7.92. The lowest BCUT2D eigenvalue weighted by molar-refractivity contribution is -0.134. The van der Waals surface area contributed by atoms with E-state index in [-0.39, 0.29) is 11.9 Å². The lowest BCUT2D eigenvalue weighted by atomic mass is 10.0. The molecule has 1 heterocycles. The molecular weight excluding hydrogens is 406 g/mol. The number of carbonyl (C=O) groups is 2. The van der Waals surface area contributed by atoms with Crippen LogP contribution in [0, 0.1) is 5.41 Å². The van der Waals surface area contributed by atoms with Gasteiger partial charge >= 0.3 is 11.8 Å². The summed E-state index contributed by atoms with van der Waals surface area (Å²) in [6.07, 6.45) is 0.994. The third-order valence-electron chi connectivity index (χ3n) is 5.49. The highest BCUT2D eigenvalue weighted by Gasteiger charge is 2.24. The highest BCUT2D eigenvalue weighted by Crippen LogP contribution is 2.23. The summed E-state index contributed by atoms with van der Waals surface area (Å²) >= 11 is 0. The molecule has 1 fully saturated rings. The summed E-state index contributed by atoms with van der Waals surface area (Å²) in [5, 5.41) is 12.3. The molecule has 1 atom stereocenters. The first-order valence-corrected chi connectivity index (χ1v) is 10.3. The number of likely N-dealkylation sites (tertiary alicyclic amines) is 1. The van der Waals surface area contributed by atoms with Gasteiger partial charge in [-0.2, -0.15) is 0 Å². The van der Waals surface area contributed by atoms with E-state index in [1.165, 1.54) is 5.56 Å². The molecule has 3 aromatic carbocycles. The Bertz CT molecular complexity index is 1180. The second-order valence-corrected chi connectivity index (χ2v) is 7.92. The molecule has 3 aromatic rings. The Hall–Kier alpha value is -3.91. The predicted octanol–water partition coefficient (Wildman–Crippen LogP) is 2.20. The van der Waals surface area contributed by atoms with Crippen LogP contribution in [0.1, 0.15) is 17.5 Å². The molecule has 0 aliphatic carbocycles. The number of amidine groups is 1. The topological polar surface area (TPSA) is 135 Å². The Labute approximate surface area is 185 Å². The fourth-order valence-corrected chi connectivity index (χ4v) is 3.86. The van der Waals surface area contributed by atoms with Gasteiger partial charge < -0.3 is 21.5 Å². The Kier molecular flexibility index (Phi) is 6.04. The molecule has 2 amide bonds. The number of nitrogen functional groups attached to an aromatic ring is 1. The second kappa shape index (κ2) is 9.07. The van der Waals surface area contributed by atoms with E-state index in [0.717, 1.165) is 42.4 Å². The molecular formula is C24H25N5O3. The van der Waals surface area contributed by atoms with E-state index in [0.29, 0.717) is 11.4 Å². The summed E-state index contributed by atoms with van der Waals surface area (Å²) in [6.45, 7) is 2.56. The number of benzene rings is 3. The summed E-state index contributed by atoms with van der Waals surface area (Å²) in [5.74, 6) is -1.10. The minimum atomic E-state index is -1.03. The van der Waals surface area contributed by atoms with Crippen molar-refractivity contribution in [2.45, 2.75) is 19.1 Å². The minimum absolute atomic E-state index is 0.0696. The average Bonchev–Trinajstić information content (AvgIpc) is 3.21. The summed E-state index contributed by atoms with van der Waals surface area (Å²) < 4.78 is 6.08. The van der Waals surface area contributed by atoms with Crippen LogP contribution < -0.4 is 21.5 Å². The van der Waals surface area contributed by atoms with E-state index >= 15 is 0 Å². The molecule has 1 aliphatic rings. The van der Waals surface area contributed by atoms with Crippen LogP contribution in [0.3, 0.4) is 0 Å². The SMILES string of the molecule is N=C(N)c1ccc2ccc(CN3CCC(Oc4ccc(NC(=O)C(N)=O)cc4)C3)cc2c1. The zero-order valence-electron chi connectivity index (χ0n) is 17.5. The normalized spacial score (nSPS) is 16.1. The lowest BCUT2D eigenvalue weighted by Gasteiger charge is -2.17. The zero-order chi connectivity index (χ0) is 22.7. The maximum Gasteiger partial charge on any atom is 0.313 e. The number of amides is 2.